The van der Waals surface area contributed by atoms with Gasteiger partial charge in [0.1, 0.15) is 18.0 Å². The van der Waals surface area contributed by atoms with Gasteiger partial charge in [0.2, 0.25) is 5.88 Å². The van der Waals surface area contributed by atoms with E-state index in [1.54, 1.807) is 25.3 Å². The summed E-state index contributed by atoms with van der Waals surface area (Å²) in [6, 6.07) is 8.16. The van der Waals surface area contributed by atoms with Crippen LogP contribution in [0.15, 0.2) is 36.7 Å². The maximum Gasteiger partial charge on any atom is 0.218 e. The van der Waals surface area contributed by atoms with Crippen molar-refractivity contribution in [2.75, 3.05) is 19.1 Å². The van der Waals surface area contributed by atoms with Crippen LogP contribution in [0, 0.1) is 5.82 Å². The summed E-state index contributed by atoms with van der Waals surface area (Å²) in [4.78, 5) is 10.1. The van der Waals surface area contributed by atoms with E-state index in [1.807, 2.05) is 11.9 Å². The molecule has 0 atom stereocenters. The van der Waals surface area contributed by atoms with Gasteiger partial charge in [0, 0.05) is 19.7 Å². The lowest BCUT2D eigenvalue weighted by Gasteiger charge is -2.18. The van der Waals surface area contributed by atoms with Crippen molar-refractivity contribution in [3.8, 4) is 5.88 Å². The smallest absolute Gasteiger partial charge is 0.218 e. The molecule has 2 aromatic rings. The maximum atomic E-state index is 12.8. The molecular formula is C13H14FN3O. The second kappa shape index (κ2) is 5.44. The fraction of sp³-hybridized carbons (Fsp3) is 0.231. The summed E-state index contributed by atoms with van der Waals surface area (Å²) in [5.41, 5.74) is 1.01. The van der Waals surface area contributed by atoms with Crippen LogP contribution >= 0.6 is 0 Å². The van der Waals surface area contributed by atoms with Crippen LogP contribution in [0.4, 0.5) is 10.2 Å². The van der Waals surface area contributed by atoms with E-state index in [9.17, 15) is 4.39 Å². The Morgan fingerprint density at radius 3 is 2.61 bits per heavy atom. The Kier molecular flexibility index (Phi) is 3.72. The summed E-state index contributed by atoms with van der Waals surface area (Å²) < 4.78 is 17.8. The molecule has 0 radical (unpaired) electrons. The van der Waals surface area contributed by atoms with Crippen LogP contribution in [0.25, 0.3) is 0 Å². The molecule has 94 valence electrons. The number of halogens is 1. The molecule has 1 aromatic carbocycles. The molecule has 0 amide bonds. The summed E-state index contributed by atoms with van der Waals surface area (Å²) in [5.74, 6) is 1.04. The van der Waals surface area contributed by atoms with Crippen LogP contribution in [0.1, 0.15) is 5.56 Å². The number of anilines is 1. The van der Waals surface area contributed by atoms with Gasteiger partial charge in [-0.05, 0) is 17.7 Å². The van der Waals surface area contributed by atoms with E-state index in [4.69, 9.17) is 4.74 Å². The lowest BCUT2D eigenvalue weighted by molar-refractivity contribution is 0.397. The van der Waals surface area contributed by atoms with Gasteiger partial charge >= 0.3 is 0 Å². The predicted molar refractivity (Wildman–Crippen MR) is 67.1 cm³/mol. The van der Waals surface area contributed by atoms with Crippen LogP contribution in [-0.4, -0.2) is 24.1 Å². The van der Waals surface area contributed by atoms with Crippen LogP contribution < -0.4 is 9.64 Å². The molecule has 0 aliphatic carbocycles. The minimum atomic E-state index is -0.231. The maximum absolute atomic E-state index is 12.8. The van der Waals surface area contributed by atoms with Gasteiger partial charge in [-0.2, -0.15) is 0 Å². The zero-order chi connectivity index (χ0) is 13.0. The molecule has 0 aliphatic rings. The van der Waals surface area contributed by atoms with Crippen molar-refractivity contribution in [2.24, 2.45) is 0 Å². The summed E-state index contributed by atoms with van der Waals surface area (Å²) in [6.45, 7) is 0.639. The number of benzene rings is 1. The number of nitrogens with zero attached hydrogens (tertiary/aromatic N) is 3. The zero-order valence-corrected chi connectivity index (χ0v) is 10.3. The van der Waals surface area contributed by atoms with Crippen molar-refractivity contribution in [1.29, 1.82) is 0 Å². The van der Waals surface area contributed by atoms with E-state index in [1.165, 1.54) is 18.5 Å². The van der Waals surface area contributed by atoms with Crippen molar-refractivity contribution in [3.63, 3.8) is 0 Å². The van der Waals surface area contributed by atoms with Gasteiger partial charge in [-0.1, -0.05) is 12.1 Å². The average Bonchev–Trinajstić information content (AvgIpc) is 2.41. The zero-order valence-electron chi connectivity index (χ0n) is 10.3. The highest BCUT2D eigenvalue weighted by Gasteiger charge is 2.05. The van der Waals surface area contributed by atoms with Crippen molar-refractivity contribution in [3.05, 3.63) is 48.0 Å². The first-order valence-electron chi connectivity index (χ1n) is 5.50. The number of aromatic nitrogens is 2. The van der Waals surface area contributed by atoms with Crippen molar-refractivity contribution in [2.45, 2.75) is 6.54 Å². The van der Waals surface area contributed by atoms with Gasteiger partial charge in [0.25, 0.3) is 0 Å². The number of hydrogen-bond acceptors (Lipinski definition) is 4. The molecule has 0 spiro atoms. The SMILES string of the molecule is COc1cc(N(C)Cc2ccc(F)cc2)ncn1. The van der Waals surface area contributed by atoms with Crippen LogP contribution in [0.5, 0.6) is 5.88 Å². The summed E-state index contributed by atoms with van der Waals surface area (Å²) in [6.07, 6.45) is 1.45. The normalized spacial score (nSPS) is 10.2. The van der Waals surface area contributed by atoms with Crippen LogP contribution in [0.3, 0.4) is 0 Å². The highest BCUT2D eigenvalue weighted by molar-refractivity contribution is 5.40. The minimum absolute atomic E-state index is 0.231. The summed E-state index contributed by atoms with van der Waals surface area (Å²) in [7, 11) is 3.47. The number of ether oxygens (including phenoxy) is 1. The average molecular weight is 247 g/mol. The highest BCUT2D eigenvalue weighted by atomic mass is 19.1. The Labute approximate surface area is 105 Å². The monoisotopic (exact) mass is 247 g/mol. The molecule has 18 heavy (non-hydrogen) atoms. The van der Waals surface area contributed by atoms with Gasteiger partial charge < -0.3 is 9.64 Å². The third-order valence-electron chi connectivity index (χ3n) is 2.56. The minimum Gasteiger partial charge on any atom is -0.481 e. The molecule has 0 N–H and O–H groups in total. The van der Waals surface area contributed by atoms with Gasteiger partial charge in [-0.25, -0.2) is 14.4 Å². The largest absolute Gasteiger partial charge is 0.481 e. The summed E-state index contributed by atoms with van der Waals surface area (Å²) >= 11 is 0. The molecule has 1 aromatic heterocycles. The van der Waals surface area contributed by atoms with E-state index in [2.05, 4.69) is 9.97 Å². The second-order valence-electron chi connectivity index (χ2n) is 3.90. The third-order valence-corrected chi connectivity index (χ3v) is 2.56. The Morgan fingerprint density at radius 2 is 1.94 bits per heavy atom. The molecule has 0 fully saturated rings. The molecule has 0 unspecified atom stereocenters. The van der Waals surface area contributed by atoms with Crippen LogP contribution in [0.2, 0.25) is 0 Å². The Hall–Kier alpha value is -2.17. The molecule has 0 bridgehead atoms. The number of rotatable bonds is 4. The number of methoxy groups -OCH3 is 1. The first-order chi connectivity index (χ1) is 8.69. The van der Waals surface area contributed by atoms with Gasteiger partial charge in [0.15, 0.2) is 0 Å². The fourth-order valence-corrected chi connectivity index (χ4v) is 1.59. The first-order valence-corrected chi connectivity index (χ1v) is 5.50. The van der Waals surface area contributed by atoms with Gasteiger partial charge in [0.05, 0.1) is 7.11 Å². The van der Waals surface area contributed by atoms with Crippen molar-refractivity contribution >= 4 is 5.82 Å². The van der Waals surface area contributed by atoms with E-state index < -0.39 is 0 Å². The molecule has 5 heteroatoms. The van der Waals surface area contributed by atoms with Gasteiger partial charge in [-0.3, -0.25) is 0 Å². The molecule has 2 rings (SSSR count). The molecular weight excluding hydrogens is 233 g/mol. The Bertz CT molecular complexity index is 516. The quantitative estimate of drug-likeness (QED) is 0.830. The first kappa shape index (κ1) is 12.3. The molecule has 1 heterocycles. The molecule has 4 nitrogen and oxygen atoms in total. The van der Waals surface area contributed by atoms with Crippen molar-refractivity contribution < 1.29 is 9.13 Å². The molecule has 0 saturated heterocycles. The van der Waals surface area contributed by atoms with Crippen LogP contribution in [-0.2, 0) is 6.54 Å². The number of hydrogen-bond donors (Lipinski definition) is 0. The third kappa shape index (κ3) is 2.94. The molecule has 0 aliphatic heterocycles. The predicted octanol–water partition coefficient (Wildman–Crippen LogP) is 2.26. The summed E-state index contributed by atoms with van der Waals surface area (Å²) in [5, 5.41) is 0. The Balaban J connectivity index is 2.11. The lowest BCUT2D eigenvalue weighted by Crippen LogP contribution is -2.17. The highest BCUT2D eigenvalue weighted by Crippen LogP contribution is 2.16. The van der Waals surface area contributed by atoms with Crippen molar-refractivity contribution in [1.82, 2.24) is 9.97 Å². The Morgan fingerprint density at radius 1 is 1.22 bits per heavy atom. The van der Waals surface area contributed by atoms with E-state index in [-0.39, 0.29) is 5.82 Å². The van der Waals surface area contributed by atoms with E-state index >= 15 is 0 Å². The standard InChI is InChI=1S/C13H14FN3O/c1-17(8-10-3-5-11(14)6-4-10)12-7-13(18-2)16-9-15-12/h3-7,9H,8H2,1-2H3. The second-order valence-corrected chi connectivity index (χ2v) is 3.90. The fourth-order valence-electron chi connectivity index (χ4n) is 1.59. The lowest BCUT2D eigenvalue weighted by atomic mass is 10.2. The van der Waals surface area contributed by atoms with E-state index in [0.717, 1.165) is 11.4 Å². The topological polar surface area (TPSA) is 38.2 Å². The molecule has 0 saturated carbocycles. The van der Waals surface area contributed by atoms with E-state index in [0.29, 0.717) is 12.4 Å². The van der Waals surface area contributed by atoms with Gasteiger partial charge in [-0.15, -0.1) is 0 Å².